The Labute approximate surface area is 127 Å². The van der Waals surface area contributed by atoms with Gasteiger partial charge < -0.3 is 0 Å². The lowest BCUT2D eigenvalue weighted by Crippen LogP contribution is -2.35. The highest BCUT2D eigenvalue weighted by Gasteiger charge is 2.21. The summed E-state index contributed by atoms with van der Waals surface area (Å²) in [5.74, 6) is 0.376. The number of ketones is 1. The van der Waals surface area contributed by atoms with Gasteiger partial charge in [0.25, 0.3) is 0 Å². The third kappa shape index (κ3) is 4.24. The highest BCUT2D eigenvalue weighted by molar-refractivity contribution is 6.04. The van der Waals surface area contributed by atoms with Crippen LogP contribution in [0.1, 0.15) is 44.1 Å². The number of aliphatic imine (C=N–C) groups is 1. The maximum absolute atomic E-state index is 11.5. The predicted molar refractivity (Wildman–Crippen MR) is 85.7 cm³/mol. The van der Waals surface area contributed by atoms with Crippen LogP contribution < -0.4 is 0 Å². The topological polar surface area (TPSA) is 32.7 Å². The molecule has 2 fully saturated rings. The minimum absolute atomic E-state index is 0.376. The van der Waals surface area contributed by atoms with Crippen molar-refractivity contribution in [1.29, 1.82) is 0 Å². The molecule has 0 N–H and O–H groups in total. The molecule has 1 aliphatic carbocycles. The van der Waals surface area contributed by atoms with Crippen LogP contribution in [0.15, 0.2) is 35.3 Å². The van der Waals surface area contributed by atoms with Crippen LogP contribution in [0.2, 0.25) is 0 Å². The van der Waals surface area contributed by atoms with Crippen molar-refractivity contribution in [2.45, 2.75) is 51.1 Å². The third-order valence-electron chi connectivity index (χ3n) is 4.49. The smallest absolute Gasteiger partial charge is 0.138 e. The molecule has 1 aromatic rings. The van der Waals surface area contributed by atoms with E-state index in [1.165, 1.54) is 5.56 Å². The molecule has 0 spiro atoms. The van der Waals surface area contributed by atoms with Crippen LogP contribution in [-0.2, 0) is 11.3 Å². The predicted octanol–water partition coefficient (Wildman–Crippen LogP) is 3.24. The number of carbonyl (C=O) groups is 1. The van der Waals surface area contributed by atoms with Gasteiger partial charge in [0.1, 0.15) is 5.78 Å². The van der Waals surface area contributed by atoms with Crippen molar-refractivity contribution < 1.29 is 4.79 Å². The van der Waals surface area contributed by atoms with Crippen LogP contribution >= 0.6 is 0 Å². The highest BCUT2D eigenvalue weighted by Crippen LogP contribution is 2.19. The summed E-state index contributed by atoms with van der Waals surface area (Å²) in [4.78, 5) is 18.8. The van der Waals surface area contributed by atoms with E-state index in [9.17, 15) is 4.79 Å². The van der Waals surface area contributed by atoms with Crippen LogP contribution in [0, 0.1) is 0 Å². The Morgan fingerprint density at radius 2 is 1.86 bits per heavy atom. The van der Waals surface area contributed by atoms with Crippen molar-refractivity contribution in [3.05, 3.63) is 35.9 Å². The lowest BCUT2D eigenvalue weighted by atomic mass is 9.96. The zero-order valence-electron chi connectivity index (χ0n) is 12.6. The quantitative estimate of drug-likeness (QED) is 0.853. The van der Waals surface area contributed by atoms with E-state index in [1.54, 1.807) is 0 Å². The molecule has 3 heteroatoms. The molecular formula is C18H24N2O. The second-order valence-electron chi connectivity index (χ2n) is 6.26. The molecule has 21 heavy (non-hydrogen) atoms. The van der Waals surface area contributed by atoms with Crippen molar-refractivity contribution in [3.63, 3.8) is 0 Å². The maximum Gasteiger partial charge on any atom is 0.138 e. The fraction of sp³-hybridized carbons (Fsp3) is 0.556. The van der Waals surface area contributed by atoms with Crippen molar-refractivity contribution in [2.24, 2.45) is 4.99 Å². The Bertz CT molecular complexity index is 501. The van der Waals surface area contributed by atoms with E-state index in [1.807, 2.05) is 0 Å². The van der Waals surface area contributed by atoms with E-state index >= 15 is 0 Å². The van der Waals surface area contributed by atoms with E-state index in [4.69, 9.17) is 4.99 Å². The highest BCUT2D eigenvalue weighted by atomic mass is 16.1. The molecule has 1 aliphatic heterocycles. The molecule has 0 atom stereocenters. The minimum Gasteiger partial charge on any atom is -0.299 e. The van der Waals surface area contributed by atoms with Crippen LogP contribution in [-0.4, -0.2) is 35.5 Å². The first-order valence-electron chi connectivity index (χ1n) is 8.13. The number of piperidine rings is 1. The number of hydrogen-bond donors (Lipinski definition) is 0. The number of likely N-dealkylation sites (tertiary alicyclic amines) is 1. The van der Waals surface area contributed by atoms with Crippen LogP contribution in [0.4, 0.5) is 0 Å². The molecule has 3 nitrogen and oxygen atoms in total. The van der Waals surface area contributed by atoms with Crippen molar-refractivity contribution in [2.75, 3.05) is 13.1 Å². The Kier molecular flexibility index (Phi) is 4.81. The molecule has 0 amide bonds. The van der Waals surface area contributed by atoms with Gasteiger partial charge in [-0.05, 0) is 31.2 Å². The number of hydrogen-bond acceptors (Lipinski definition) is 3. The number of Topliss-reactive ketones (excluding diaryl/α,β-unsaturated/α-hetero) is 1. The molecule has 3 rings (SSSR count). The first-order valence-corrected chi connectivity index (χ1v) is 8.13. The lowest BCUT2D eigenvalue weighted by Gasteiger charge is -2.31. The number of benzene rings is 1. The molecule has 1 aromatic carbocycles. The van der Waals surface area contributed by atoms with Crippen molar-refractivity contribution in [1.82, 2.24) is 4.90 Å². The number of nitrogens with zero attached hydrogens (tertiary/aromatic N) is 2. The Morgan fingerprint density at radius 1 is 1.10 bits per heavy atom. The molecule has 0 radical (unpaired) electrons. The molecule has 1 saturated carbocycles. The van der Waals surface area contributed by atoms with Gasteiger partial charge in [-0.15, -0.1) is 0 Å². The molecule has 1 heterocycles. The molecule has 2 aliphatic rings. The maximum atomic E-state index is 11.5. The largest absolute Gasteiger partial charge is 0.299 e. The summed E-state index contributed by atoms with van der Waals surface area (Å²) in [5, 5.41) is 0. The van der Waals surface area contributed by atoms with Gasteiger partial charge in [-0.25, -0.2) is 0 Å². The summed E-state index contributed by atoms with van der Waals surface area (Å²) in [6.45, 7) is 3.27. The summed E-state index contributed by atoms with van der Waals surface area (Å²) in [6.07, 6.45) is 5.67. The van der Waals surface area contributed by atoms with Gasteiger partial charge in [0.15, 0.2) is 0 Å². The van der Waals surface area contributed by atoms with Gasteiger partial charge in [0.05, 0.1) is 6.04 Å². The SMILES string of the molecule is O=C1CCCC(=NC2CCN(Cc3ccccc3)CC2)C1. The second-order valence-corrected chi connectivity index (χ2v) is 6.26. The first-order chi connectivity index (χ1) is 10.3. The molecular weight excluding hydrogens is 260 g/mol. The summed E-state index contributed by atoms with van der Waals surface area (Å²) in [6, 6.07) is 11.1. The Hall–Kier alpha value is -1.48. The van der Waals surface area contributed by atoms with E-state index in [0.29, 0.717) is 18.2 Å². The average molecular weight is 284 g/mol. The van der Waals surface area contributed by atoms with Gasteiger partial charge in [-0.1, -0.05) is 30.3 Å². The summed E-state index contributed by atoms with van der Waals surface area (Å²) >= 11 is 0. The van der Waals surface area contributed by atoms with E-state index in [0.717, 1.165) is 57.5 Å². The second kappa shape index (κ2) is 6.99. The van der Waals surface area contributed by atoms with Crippen LogP contribution in [0.5, 0.6) is 0 Å². The van der Waals surface area contributed by atoms with Crippen LogP contribution in [0.25, 0.3) is 0 Å². The van der Waals surface area contributed by atoms with Gasteiger partial charge in [0, 0.05) is 38.2 Å². The van der Waals surface area contributed by atoms with Gasteiger partial charge in [-0.3, -0.25) is 14.7 Å². The summed E-state index contributed by atoms with van der Waals surface area (Å²) < 4.78 is 0. The van der Waals surface area contributed by atoms with Crippen LogP contribution in [0.3, 0.4) is 0 Å². The number of rotatable bonds is 3. The van der Waals surface area contributed by atoms with Crippen molar-refractivity contribution in [3.8, 4) is 0 Å². The van der Waals surface area contributed by atoms with Gasteiger partial charge >= 0.3 is 0 Å². The average Bonchev–Trinajstić information content (AvgIpc) is 2.50. The third-order valence-corrected chi connectivity index (χ3v) is 4.49. The zero-order valence-corrected chi connectivity index (χ0v) is 12.6. The molecule has 1 saturated heterocycles. The van der Waals surface area contributed by atoms with E-state index < -0.39 is 0 Å². The summed E-state index contributed by atoms with van der Waals surface area (Å²) in [5.41, 5.74) is 2.55. The fourth-order valence-corrected chi connectivity index (χ4v) is 3.31. The monoisotopic (exact) mass is 284 g/mol. The van der Waals surface area contributed by atoms with Gasteiger partial charge in [-0.2, -0.15) is 0 Å². The van der Waals surface area contributed by atoms with E-state index in [-0.39, 0.29) is 0 Å². The molecule has 0 bridgehead atoms. The molecule has 0 aromatic heterocycles. The lowest BCUT2D eigenvalue weighted by molar-refractivity contribution is -0.118. The van der Waals surface area contributed by atoms with E-state index in [2.05, 4.69) is 35.2 Å². The summed E-state index contributed by atoms with van der Waals surface area (Å²) in [7, 11) is 0. The number of carbonyl (C=O) groups excluding carboxylic acids is 1. The zero-order chi connectivity index (χ0) is 14.5. The van der Waals surface area contributed by atoms with Crippen molar-refractivity contribution >= 4 is 11.5 Å². The first kappa shape index (κ1) is 14.5. The molecule has 112 valence electrons. The minimum atomic E-state index is 0.376. The standard InChI is InChI=1S/C18H24N2O/c21-18-8-4-7-17(13-18)19-16-9-11-20(12-10-16)14-15-5-2-1-3-6-15/h1-3,5-6,16H,4,7-14H2. The van der Waals surface area contributed by atoms with Gasteiger partial charge in [0.2, 0.25) is 0 Å². The Morgan fingerprint density at radius 3 is 2.57 bits per heavy atom. The Balaban J connectivity index is 1.49. The normalized spacial score (nSPS) is 23.6. The fourth-order valence-electron chi connectivity index (χ4n) is 3.31. The molecule has 0 unspecified atom stereocenters.